The van der Waals surface area contributed by atoms with Gasteiger partial charge in [0.1, 0.15) is 0 Å². The van der Waals surface area contributed by atoms with E-state index < -0.39 is 0 Å². The van der Waals surface area contributed by atoms with Gasteiger partial charge in [0.25, 0.3) is 0 Å². The van der Waals surface area contributed by atoms with Gasteiger partial charge in [0, 0.05) is 32.4 Å². The van der Waals surface area contributed by atoms with Gasteiger partial charge in [0.15, 0.2) is 0 Å². The normalized spacial score (nSPS) is 10.4. The average Bonchev–Trinajstić information content (AvgIpc) is 2.54. The van der Waals surface area contributed by atoms with Crippen molar-refractivity contribution in [1.29, 1.82) is 0 Å². The molecule has 2 aromatic rings. The lowest BCUT2D eigenvalue weighted by molar-refractivity contribution is -0.128. The minimum Gasteiger partial charge on any atom is -0.349 e. The third kappa shape index (κ3) is 4.45. The Hall–Kier alpha value is -2.56. The van der Waals surface area contributed by atoms with Crippen molar-refractivity contribution in [2.75, 3.05) is 26.0 Å². The fraction of sp³-hybridized carbons (Fsp3) is 0.333. The molecule has 0 aromatic heterocycles. The predicted octanol–water partition coefficient (Wildman–Crippen LogP) is 3.14. The number of anilines is 1. The zero-order valence-corrected chi connectivity index (χ0v) is 13.8. The van der Waals surface area contributed by atoms with Crippen molar-refractivity contribution < 1.29 is 9.59 Å². The first-order valence-electron chi connectivity index (χ1n) is 7.72. The van der Waals surface area contributed by atoms with Crippen LogP contribution in [0.1, 0.15) is 18.4 Å². The number of carbonyl (C=O) groups excluding carboxylic acids is 2. The molecule has 0 aliphatic carbocycles. The number of nitrogens with zero attached hydrogens (tertiary/aromatic N) is 1. The van der Waals surface area contributed by atoms with Gasteiger partial charge in [-0.1, -0.05) is 36.4 Å². The fourth-order valence-electron chi connectivity index (χ4n) is 2.37. The highest BCUT2D eigenvalue weighted by molar-refractivity contribution is 6.02. The topological polar surface area (TPSA) is 61.4 Å². The largest absolute Gasteiger partial charge is 0.349 e. The Morgan fingerprint density at radius 1 is 1.09 bits per heavy atom. The Balaban J connectivity index is 1.93. The number of amides is 3. The minimum absolute atomic E-state index is 0.0668. The van der Waals surface area contributed by atoms with E-state index >= 15 is 0 Å². The predicted molar refractivity (Wildman–Crippen MR) is 93.6 cm³/mol. The van der Waals surface area contributed by atoms with Gasteiger partial charge in [-0.15, -0.1) is 0 Å². The molecule has 0 bridgehead atoms. The van der Waals surface area contributed by atoms with Crippen LogP contribution in [0.3, 0.4) is 0 Å². The molecule has 23 heavy (non-hydrogen) atoms. The standard InChI is InChI=1S/C18H23N3O2/c1-13-10-11-14-7-4-5-8-15(14)17(13)20-18(23)19-12-6-9-16(22)21(2)3/h4-5,7-8,10-11H,6,9,12H2,1-3H3,(H2,19,20,23). The SMILES string of the molecule is Cc1ccc2ccccc2c1NC(=O)NCCCC(=O)N(C)C. The van der Waals surface area contributed by atoms with Gasteiger partial charge in [-0.25, -0.2) is 4.79 Å². The number of nitrogens with one attached hydrogen (secondary N) is 2. The van der Waals surface area contributed by atoms with E-state index in [9.17, 15) is 9.59 Å². The molecule has 0 saturated carbocycles. The number of hydrogen-bond donors (Lipinski definition) is 2. The van der Waals surface area contributed by atoms with Crippen LogP contribution >= 0.6 is 0 Å². The van der Waals surface area contributed by atoms with Gasteiger partial charge in [-0.2, -0.15) is 0 Å². The quantitative estimate of drug-likeness (QED) is 0.833. The van der Waals surface area contributed by atoms with Crippen molar-refractivity contribution in [1.82, 2.24) is 10.2 Å². The Kier molecular flexibility index (Phi) is 5.57. The number of benzene rings is 2. The van der Waals surface area contributed by atoms with Crippen LogP contribution in [0.5, 0.6) is 0 Å². The lowest BCUT2D eigenvalue weighted by atomic mass is 10.0. The van der Waals surface area contributed by atoms with E-state index in [1.807, 2.05) is 43.3 Å². The highest BCUT2D eigenvalue weighted by Gasteiger charge is 2.09. The zero-order valence-electron chi connectivity index (χ0n) is 13.8. The van der Waals surface area contributed by atoms with E-state index in [1.165, 1.54) is 0 Å². The van der Waals surface area contributed by atoms with Gasteiger partial charge in [-0.05, 0) is 24.3 Å². The number of fused-ring (bicyclic) bond motifs is 1. The molecule has 0 saturated heterocycles. The number of urea groups is 1. The van der Waals surface area contributed by atoms with Gasteiger partial charge in [-0.3, -0.25) is 4.79 Å². The number of aryl methyl sites for hydroxylation is 1. The summed E-state index contributed by atoms with van der Waals surface area (Å²) in [4.78, 5) is 25.1. The molecule has 2 N–H and O–H groups in total. The summed E-state index contributed by atoms with van der Waals surface area (Å²) >= 11 is 0. The second-order valence-corrected chi connectivity index (χ2v) is 5.75. The van der Waals surface area contributed by atoms with Crippen LogP contribution in [0, 0.1) is 6.92 Å². The molecule has 5 heteroatoms. The van der Waals surface area contributed by atoms with Crippen molar-refractivity contribution >= 4 is 28.4 Å². The third-order valence-corrected chi connectivity index (χ3v) is 3.73. The summed E-state index contributed by atoms with van der Waals surface area (Å²) in [6.07, 6.45) is 1.06. The molecule has 2 rings (SSSR count). The highest BCUT2D eigenvalue weighted by Crippen LogP contribution is 2.26. The Bertz CT molecular complexity index is 710. The molecule has 2 aromatic carbocycles. The van der Waals surface area contributed by atoms with Gasteiger partial charge in [0.2, 0.25) is 5.91 Å². The average molecular weight is 313 g/mol. The van der Waals surface area contributed by atoms with Crippen LogP contribution in [0.2, 0.25) is 0 Å². The van der Waals surface area contributed by atoms with E-state index in [2.05, 4.69) is 10.6 Å². The third-order valence-electron chi connectivity index (χ3n) is 3.73. The van der Waals surface area contributed by atoms with Gasteiger partial charge < -0.3 is 15.5 Å². The van der Waals surface area contributed by atoms with Gasteiger partial charge in [0.05, 0.1) is 5.69 Å². The van der Waals surface area contributed by atoms with Gasteiger partial charge >= 0.3 is 6.03 Å². The van der Waals surface area contributed by atoms with Crippen molar-refractivity contribution in [3.63, 3.8) is 0 Å². The Morgan fingerprint density at radius 3 is 2.57 bits per heavy atom. The number of hydrogen-bond acceptors (Lipinski definition) is 2. The van der Waals surface area contributed by atoms with E-state index in [1.54, 1.807) is 19.0 Å². The number of carbonyl (C=O) groups is 2. The van der Waals surface area contributed by atoms with E-state index in [0.29, 0.717) is 19.4 Å². The smallest absolute Gasteiger partial charge is 0.319 e. The summed E-state index contributed by atoms with van der Waals surface area (Å²) in [5, 5.41) is 7.82. The molecule has 5 nitrogen and oxygen atoms in total. The van der Waals surface area contributed by atoms with Crippen molar-refractivity contribution in [3.05, 3.63) is 42.0 Å². The van der Waals surface area contributed by atoms with Crippen LogP contribution in [0.4, 0.5) is 10.5 Å². The minimum atomic E-state index is -0.248. The second kappa shape index (κ2) is 7.63. The van der Waals surface area contributed by atoms with E-state index in [0.717, 1.165) is 22.0 Å². The molecular formula is C18H23N3O2. The molecular weight excluding hydrogens is 290 g/mol. The maximum absolute atomic E-state index is 12.1. The van der Waals surface area contributed by atoms with Crippen molar-refractivity contribution in [2.45, 2.75) is 19.8 Å². The summed E-state index contributed by atoms with van der Waals surface area (Å²) in [5.41, 5.74) is 1.84. The molecule has 3 amide bonds. The van der Waals surface area contributed by atoms with Crippen LogP contribution in [0.15, 0.2) is 36.4 Å². The molecule has 0 heterocycles. The summed E-state index contributed by atoms with van der Waals surface area (Å²) in [7, 11) is 3.46. The summed E-state index contributed by atoms with van der Waals surface area (Å²) in [6.45, 7) is 2.44. The Labute approximate surface area is 136 Å². The van der Waals surface area contributed by atoms with Crippen molar-refractivity contribution in [3.8, 4) is 0 Å². The van der Waals surface area contributed by atoms with Crippen LogP contribution in [-0.4, -0.2) is 37.5 Å². The molecule has 0 unspecified atom stereocenters. The summed E-state index contributed by atoms with van der Waals surface area (Å²) < 4.78 is 0. The Morgan fingerprint density at radius 2 is 1.83 bits per heavy atom. The van der Waals surface area contributed by atoms with E-state index in [4.69, 9.17) is 0 Å². The lowest BCUT2D eigenvalue weighted by Crippen LogP contribution is -2.31. The van der Waals surface area contributed by atoms with Crippen LogP contribution < -0.4 is 10.6 Å². The second-order valence-electron chi connectivity index (χ2n) is 5.75. The summed E-state index contributed by atoms with van der Waals surface area (Å²) in [5.74, 6) is 0.0668. The molecule has 122 valence electrons. The molecule has 0 atom stereocenters. The monoisotopic (exact) mass is 313 g/mol. The van der Waals surface area contributed by atoms with Crippen molar-refractivity contribution in [2.24, 2.45) is 0 Å². The first-order valence-corrected chi connectivity index (χ1v) is 7.72. The maximum Gasteiger partial charge on any atom is 0.319 e. The first kappa shape index (κ1) is 16.8. The van der Waals surface area contributed by atoms with Crippen LogP contribution in [0.25, 0.3) is 10.8 Å². The molecule has 0 radical (unpaired) electrons. The number of rotatable bonds is 5. The molecule has 0 aliphatic rings. The molecule has 0 aliphatic heterocycles. The fourth-order valence-corrected chi connectivity index (χ4v) is 2.37. The van der Waals surface area contributed by atoms with Crippen LogP contribution in [-0.2, 0) is 4.79 Å². The maximum atomic E-state index is 12.1. The highest BCUT2D eigenvalue weighted by atomic mass is 16.2. The zero-order chi connectivity index (χ0) is 16.8. The molecule has 0 fully saturated rings. The molecule has 0 spiro atoms. The van der Waals surface area contributed by atoms with E-state index in [-0.39, 0.29) is 11.9 Å². The summed E-state index contributed by atoms with van der Waals surface area (Å²) in [6, 6.07) is 11.7. The lowest BCUT2D eigenvalue weighted by Gasteiger charge is -2.13. The first-order chi connectivity index (χ1) is 11.0.